The van der Waals surface area contributed by atoms with E-state index in [1.165, 1.54) is 4.90 Å². The van der Waals surface area contributed by atoms with Crippen molar-refractivity contribution in [3.05, 3.63) is 0 Å². The van der Waals surface area contributed by atoms with Crippen molar-refractivity contribution < 1.29 is 9.59 Å². The molecule has 1 heterocycles. The molecule has 0 aromatic rings. The molecule has 0 N–H and O–H groups in total. The Kier molecular flexibility index (Phi) is 2.65. The molecule has 0 aromatic carbocycles. The van der Waals surface area contributed by atoms with E-state index >= 15 is 0 Å². The summed E-state index contributed by atoms with van der Waals surface area (Å²) in [7, 11) is 0. The molecule has 1 aliphatic heterocycles. The quantitative estimate of drug-likeness (QED) is 0.509. The number of rotatable bonds is 2. The Hall–Kier alpha value is -0.380. The van der Waals surface area contributed by atoms with Gasteiger partial charge >= 0.3 is 0 Å². The van der Waals surface area contributed by atoms with E-state index in [4.69, 9.17) is 0 Å². The number of hydrogen-bond acceptors (Lipinski definition) is 2. The normalized spacial score (nSPS) is 24.9. The lowest BCUT2D eigenvalue weighted by Crippen LogP contribution is -2.31. The number of carbonyl (C=O) groups excluding carboxylic acids is 2. The highest BCUT2D eigenvalue weighted by Gasteiger charge is 2.34. The van der Waals surface area contributed by atoms with Crippen LogP contribution in [0.1, 0.15) is 13.3 Å². The van der Waals surface area contributed by atoms with Gasteiger partial charge in [-0.05, 0) is 0 Å². The van der Waals surface area contributed by atoms with Crippen molar-refractivity contribution in [3.8, 4) is 0 Å². The highest BCUT2D eigenvalue weighted by atomic mass is 79.9. The smallest absolute Gasteiger partial charge is 0.232 e. The van der Waals surface area contributed by atoms with Gasteiger partial charge in [0, 0.05) is 24.2 Å². The highest BCUT2D eigenvalue weighted by Crippen LogP contribution is 2.18. The Morgan fingerprint density at radius 3 is 2.64 bits per heavy atom. The summed E-state index contributed by atoms with van der Waals surface area (Å²) in [6, 6.07) is 0. The second-order valence-electron chi connectivity index (χ2n) is 2.68. The largest absolute Gasteiger partial charge is 0.282 e. The first-order valence-corrected chi connectivity index (χ1v) is 4.69. The summed E-state index contributed by atoms with van der Waals surface area (Å²) < 4.78 is 0. The first-order valence-electron chi connectivity index (χ1n) is 3.57. The number of alkyl halides is 1. The summed E-state index contributed by atoms with van der Waals surface area (Å²) in [6.45, 7) is 2.29. The molecule has 1 saturated heterocycles. The lowest BCUT2D eigenvalue weighted by atomic mass is 10.1. The Morgan fingerprint density at radius 2 is 2.27 bits per heavy atom. The van der Waals surface area contributed by atoms with E-state index in [0.717, 1.165) is 0 Å². The molecule has 0 radical (unpaired) electrons. The molecule has 3 nitrogen and oxygen atoms in total. The molecule has 0 aliphatic carbocycles. The number of likely N-dealkylation sites (tertiary alicyclic amines) is 1. The second-order valence-corrected chi connectivity index (χ2v) is 3.47. The molecule has 0 aromatic heterocycles. The molecule has 1 fully saturated rings. The van der Waals surface area contributed by atoms with Gasteiger partial charge in [0.15, 0.2) is 0 Å². The van der Waals surface area contributed by atoms with Crippen molar-refractivity contribution in [2.45, 2.75) is 13.3 Å². The van der Waals surface area contributed by atoms with Gasteiger partial charge in [-0.3, -0.25) is 14.5 Å². The van der Waals surface area contributed by atoms with E-state index in [1.807, 2.05) is 0 Å². The third kappa shape index (κ3) is 1.61. The predicted octanol–water partition coefficient (Wildman–Crippen LogP) is 0.776. The molecule has 0 spiro atoms. The standard InChI is InChI=1S/C7H10BrNO2/c1-5-4-6(10)9(3-2-8)7(5)11/h5H,2-4H2,1H3. The molecule has 1 unspecified atom stereocenters. The predicted molar refractivity (Wildman–Crippen MR) is 44.3 cm³/mol. The van der Waals surface area contributed by atoms with Gasteiger partial charge in [-0.25, -0.2) is 0 Å². The van der Waals surface area contributed by atoms with Gasteiger partial charge < -0.3 is 0 Å². The number of hydrogen-bond donors (Lipinski definition) is 0. The maximum atomic E-state index is 11.2. The van der Waals surface area contributed by atoms with Crippen LogP contribution in [0.5, 0.6) is 0 Å². The van der Waals surface area contributed by atoms with Crippen molar-refractivity contribution in [2.75, 3.05) is 11.9 Å². The lowest BCUT2D eigenvalue weighted by molar-refractivity contribution is -0.138. The number of halogens is 1. The van der Waals surface area contributed by atoms with Crippen LogP contribution in [0.3, 0.4) is 0 Å². The third-order valence-corrected chi connectivity index (χ3v) is 2.13. The zero-order valence-corrected chi connectivity index (χ0v) is 7.93. The molecule has 11 heavy (non-hydrogen) atoms. The highest BCUT2D eigenvalue weighted by molar-refractivity contribution is 9.09. The molecule has 1 aliphatic rings. The first kappa shape index (κ1) is 8.71. The van der Waals surface area contributed by atoms with Gasteiger partial charge in [-0.2, -0.15) is 0 Å². The van der Waals surface area contributed by atoms with Gasteiger partial charge in [-0.15, -0.1) is 0 Å². The monoisotopic (exact) mass is 219 g/mol. The van der Waals surface area contributed by atoms with Gasteiger partial charge in [0.25, 0.3) is 0 Å². The van der Waals surface area contributed by atoms with Gasteiger partial charge in [0.2, 0.25) is 11.8 Å². The lowest BCUT2D eigenvalue weighted by Gasteiger charge is -2.11. The summed E-state index contributed by atoms with van der Waals surface area (Å²) in [5, 5.41) is 0.664. The molecule has 1 atom stereocenters. The van der Waals surface area contributed by atoms with Crippen LogP contribution in [0.4, 0.5) is 0 Å². The molecular weight excluding hydrogens is 210 g/mol. The van der Waals surface area contributed by atoms with Crippen molar-refractivity contribution in [2.24, 2.45) is 5.92 Å². The van der Waals surface area contributed by atoms with Crippen molar-refractivity contribution >= 4 is 27.7 Å². The number of nitrogens with zero attached hydrogens (tertiary/aromatic N) is 1. The van der Waals surface area contributed by atoms with Crippen LogP contribution in [0, 0.1) is 5.92 Å². The van der Waals surface area contributed by atoms with Crippen LogP contribution in [0.15, 0.2) is 0 Å². The fourth-order valence-electron chi connectivity index (χ4n) is 1.17. The SMILES string of the molecule is CC1CC(=O)N(CCBr)C1=O. The van der Waals surface area contributed by atoms with E-state index in [1.54, 1.807) is 6.92 Å². The summed E-state index contributed by atoms with van der Waals surface area (Å²) in [4.78, 5) is 23.6. The third-order valence-electron chi connectivity index (χ3n) is 1.78. The molecular formula is C7H10BrNO2. The van der Waals surface area contributed by atoms with Crippen molar-refractivity contribution in [1.82, 2.24) is 4.90 Å². The van der Waals surface area contributed by atoms with Crippen LogP contribution >= 0.6 is 15.9 Å². The van der Waals surface area contributed by atoms with Crippen LogP contribution in [-0.2, 0) is 9.59 Å². The Labute approximate surface area is 73.9 Å². The van der Waals surface area contributed by atoms with Crippen molar-refractivity contribution in [3.63, 3.8) is 0 Å². The molecule has 4 heteroatoms. The maximum absolute atomic E-state index is 11.2. The number of amides is 2. The molecule has 0 saturated carbocycles. The summed E-state index contributed by atoms with van der Waals surface area (Å²) in [5.74, 6) is -0.182. The van der Waals surface area contributed by atoms with Gasteiger partial charge in [0.05, 0.1) is 0 Å². The van der Waals surface area contributed by atoms with E-state index in [0.29, 0.717) is 18.3 Å². The Morgan fingerprint density at radius 1 is 1.64 bits per heavy atom. The minimum Gasteiger partial charge on any atom is -0.282 e. The topological polar surface area (TPSA) is 37.4 Å². The number of carbonyl (C=O) groups is 2. The fraction of sp³-hybridized carbons (Fsp3) is 0.714. The second kappa shape index (κ2) is 3.34. The van der Waals surface area contributed by atoms with Crippen molar-refractivity contribution in [1.29, 1.82) is 0 Å². The van der Waals surface area contributed by atoms with Gasteiger partial charge in [0.1, 0.15) is 0 Å². The van der Waals surface area contributed by atoms with E-state index in [-0.39, 0.29) is 17.7 Å². The minimum absolute atomic E-state index is 0.0329. The Balaban J connectivity index is 2.64. The van der Waals surface area contributed by atoms with E-state index < -0.39 is 0 Å². The summed E-state index contributed by atoms with van der Waals surface area (Å²) in [5.41, 5.74) is 0. The van der Waals surface area contributed by atoms with Crippen LogP contribution in [0.2, 0.25) is 0 Å². The molecule has 2 amide bonds. The average molecular weight is 220 g/mol. The summed E-state index contributed by atoms with van der Waals surface area (Å²) >= 11 is 3.19. The Bertz CT molecular complexity index is 193. The van der Waals surface area contributed by atoms with Crippen LogP contribution in [-0.4, -0.2) is 28.6 Å². The average Bonchev–Trinajstić information content (AvgIpc) is 2.17. The summed E-state index contributed by atoms with van der Waals surface area (Å²) in [6.07, 6.45) is 0.381. The number of imide groups is 1. The molecule has 62 valence electrons. The molecule has 1 rings (SSSR count). The fourth-order valence-corrected chi connectivity index (χ4v) is 1.52. The van der Waals surface area contributed by atoms with Crippen LogP contribution in [0.25, 0.3) is 0 Å². The minimum atomic E-state index is -0.110. The zero-order chi connectivity index (χ0) is 8.43. The van der Waals surface area contributed by atoms with E-state index in [9.17, 15) is 9.59 Å². The van der Waals surface area contributed by atoms with E-state index in [2.05, 4.69) is 15.9 Å². The zero-order valence-electron chi connectivity index (χ0n) is 6.34. The molecule has 0 bridgehead atoms. The van der Waals surface area contributed by atoms with Gasteiger partial charge in [-0.1, -0.05) is 22.9 Å². The van der Waals surface area contributed by atoms with Crippen LogP contribution < -0.4 is 0 Å². The first-order chi connectivity index (χ1) is 5.16. The maximum Gasteiger partial charge on any atom is 0.232 e.